The van der Waals surface area contributed by atoms with Crippen molar-refractivity contribution in [3.63, 3.8) is 0 Å². The largest absolute Gasteiger partial charge is 0.478 e. The van der Waals surface area contributed by atoms with Crippen LogP contribution in [0.25, 0.3) is 0 Å². The molecule has 0 bridgehead atoms. The number of ether oxygens (including phenoxy) is 1. The van der Waals surface area contributed by atoms with Crippen LogP contribution in [0.15, 0.2) is 24.3 Å². The Kier molecular flexibility index (Phi) is 4.42. The molecule has 1 aromatic carbocycles. The molecule has 1 N–H and O–H groups in total. The standard InChI is InChI=1S/C13H17NO5S/c1-19-12-5-6-14(8-12)20(17,18)9-10-3-2-4-11(7-10)13(15)16/h2-4,7,12H,5-6,8-9H2,1H3,(H,15,16). The third-order valence-electron chi connectivity index (χ3n) is 3.36. The molecule has 1 unspecified atom stereocenters. The number of sulfonamides is 1. The highest BCUT2D eigenvalue weighted by Crippen LogP contribution is 2.19. The SMILES string of the molecule is COC1CCN(S(=O)(=O)Cc2cccc(C(=O)O)c2)C1. The lowest BCUT2D eigenvalue weighted by molar-refractivity contribution is 0.0696. The Hall–Kier alpha value is -1.44. The Balaban J connectivity index is 2.12. The molecule has 1 aromatic rings. The summed E-state index contributed by atoms with van der Waals surface area (Å²) in [6.45, 7) is 0.802. The van der Waals surface area contributed by atoms with E-state index in [1.165, 1.54) is 16.4 Å². The number of benzene rings is 1. The van der Waals surface area contributed by atoms with Crippen molar-refractivity contribution in [2.75, 3.05) is 20.2 Å². The number of hydrogen-bond acceptors (Lipinski definition) is 4. The highest BCUT2D eigenvalue weighted by atomic mass is 32.2. The van der Waals surface area contributed by atoms with Gasteiger partial charge in [0.1, 0.15) is 0 Å². The van der Waals surface area contributed by atoms with E-state index in [0.29, 0.717) is 25.1 Å². The monoisotopic (exact) mass is 299 g/mol. The van der Waals surface area contributed by atoms with Gasteiger partial charge in [0, 0.05) is 20.2 Å². The average molecular weight is 299 g/mol. The Morgan fingerprint density at radius 2 is 2.25 bits per heavy atom. The van der Waals surface area contributed by atoms with E-state index in [1.54, 1.807) is 19.2 Å². The molecule has 1 fully saturated rings. The molecule has 0 aliphatic carbocycles. The fraction of sp³-hybridized carbons (Fsp3) is 0.462. The minimum atomic E-state index is -3.44. The van der Waals surface area contributed by atoms with Crippen LogP contribution in [0.3, 0.4) is 0 Å². The van der Waals surface area contributed by atoms with Crippen LogP contribution in [-0.4, -0.2) is 50.1 Å². The Labute approximate surface area is 118 Å². The van der Waals surface area contributed by atoms with Crippen LogP contribution in [0.5, 0.6) is 0 Å². The maximum atomic E-state index is 12.3. The summed E-state index contributed by atoms with van der Waals surface area (Å²) in [6.07, 6.45) is 0.625. The predicted octanol–water partition coefficient (Wildman–Crippen LogP) is 0.935. The van der Waals surface area contributed by atoms with Gasteiger partial charge >= 0.3 is 5.97 Å². The Morgan fingerprint density at radius 3 is 2.85 bits per heavy atom. The molecule has 110 valence electrons. The van der Waals surface area contributed by atoms with Crippen LogP contribution < -0.4 is 0 Å². The molecule has 6 nitrogen and oxygen atoms in total. The maximum absolute atomic E-state index is 12.3. The molecule has 1 heterocycles. The Morgan fingerprint density at radius 1 is 1.50 bits per heavy atom. The third kappa shape index (κ3) is 3.36. The first-order chi connectivity index (χ1) is 9.42. The summed E-state index contributed by atoms with van der Waals surface area (Å²) in [4.78, 5) is 10.9. The normalized spacial score (nSPS) is 20.1. The maximum Gasteiger partial charge on any atom is 0.335 e. The zero-order valence-corrected chi connectivity index (χ0v) is 12.0. The van der Waals surface area contributed by atoms with Crippen molar-refractivity contribution < 1.29 is 23.1 Å². The lowest BCUT2D eigenvalue weighted by Crippen LogP contribution is -2.31. The van der Waals surface area contributed by atoms with E-state index in [2.05, 4.69) is 0 Å². The number of carbonyl (C=O) groups is 1. The van der Waals surface area contributed by atoms with Gasteiger partial charge in [-0.15, -0.1) is 0 Å². The van der Waals surface area contributed by atoms with Crippen LogP contribution >= 0.6 is 0 Å². The molecule has 20 heavy (non-hydrogen) atoms. The molecule has 2 rings (SSSR count). The van der Waals surface area contributed by atoms with Crippen LogP contribution in [0, 0.1) is 0 Å². The van der Waals surface area contributed by atoms with Crippen LogP contribution in [-0.2, 0) is 20.5 Å². The van der Waals surface area contributed by atoms with Crippen LogP contribution in [0.4, 0.5) is 0 Å². The summed E-state index contributed by atoms with van der Waals surface area (Å²) >= 11 is 0. The van der Waals surface area contributed by atoms with Crippen molar-refractivity contribution in [1.82, 2.24) is 4.31 Å². The van der Waals surface area contributed by atoms with E-state index in [-0.39, 0.29) is 17.4 Å². The summed E-state index contributed by atoms with van der Waals surface area (Å²) in [5.41, 5.74) is 0.569. The second-order valence-electron chi connectivity index (χ2n) is 4.77. The molecular weight excluding hydrogens is 282 g/mol. The van der Waals surface area contributed by atoms with Gasteiger partial charge in [0.2, 0.25) is 10.0 Å². The number of carboxylic acid groups (broad SMARTS) is 1. The van der Waals surface area contributed by atoms with E-state index in [0.717, 1.165) is 0 Å². The van der Waals surface area contributed by atoms with Crippen molar-refractivity contribution in [3.05, 3.63) is 35.4 Å². The molecule has 0 saturated carbocycles. The topological polar surface area (TPSA) is 83.9 Å². The molecule has 0 aromatic heterocycles. The molecule has 0 amide bonds. The highest BCUT2D eigenvalue weighted by Gasteiger charge is 2.31. The minimum Gasteiger partial charge on any atom is -0.478 e. The first kappa shape index (κ1) is 15.0. The molecule has 1 aliphatic rings. The summed E-state index contributed by atoms with van der Waals surface area (Å²) < 4.78 is 31.1. The van der Waals surface area contributed by atoms with Crippen molar-refractivity contribution in [2.45, 2.75) is 18.3 Å². The zero-order chi connectivity index (χ0) is 14.8. The van der Waals surface area contributed by atoms with Gasteiger partial charge in [-0.3, -0.25) is 0 Å². The molecule has 1 aliphatic heterocycles. The summed E-state index contributed by atoms with van der Waals surface area (Å²) in [7, 11) is -1.87. The van der Waals surface area contributed by atoms with E-state index >= 15 is 0 Å². The lowest BCUT2D eigenvalue weighted by Gasteiger charge is -2.16. The summed E-state index contributed by atoms with van der Waals surface area (Å²) in [5, 5.41) is 8.91. The van der Waals surface area contributed by atoms with Gasteiger partial charge in [-0.05, 0) is 24.1 Å². The van der Waals surface area contributed by atoms with Gasteiger partial charge in [0.15, 0.2) is 0 Å². The fourth-order valence-corrected chi connectivity index (χ4v) is 3.80. The lowest BCUT2D eigenvalue weighted by atomic mass is 10.1. The summed E-state index contributed by atoms with van der Waals surface area (Å²) in [5.74, 6) is -1.25. The van der Waals surface area contributed by atoms with Crippen molar-refractivity contribution in [1.29, 1.82) is 0 Å². The Bertz CT molecular complexity index is 599. The van der Waals surface area contributed by atoms with Crippen molar-refractivity contribution >= 4 is 16.0 Å². The number of rotatable bonds is 5. The van der Waals surface area contributed by atoms with E-state index in [4.69, 9.17) is 9.84 Å². The van der Waals surface area contributed by atoms with Crippen LogP contribution in [0.1, 0.15) is 22.3 Å². The molecule has 1 saturated heterocycles. The smallest absolute Gasteiger partial charge is 0.335 e. The highest BCUT2D eigenvalue weighted by molar-refractivity contribution is 7.88. The van der Waals surface area contributed by atoms with Gasteiger partial charge in [-0.1, -0.05) is 12.1 Å². The number of nitrogens with zero attached hydrogens (tertiary/aromatic N) is 1. The summed E-state index contributed by atoms with van der Waals surface area (Å²) in [6, 6.07) is 6.00. The van der Waals surface area contributed by atoms with Gasteiger partial charge in [0.25, 0.3) is 0 Å². The number of hydrogen-bond donors (Lipinski definition) is 1. The van der Waals surface area contributed by atoms with Gasteiger partial charge in [-0.25, -0.2) is 13.2 Å². The molecule has 0 spiro atoms. The quantitative estimate of drug-likeness (QED) is 0.874. The van der Waals surface area contributed by atoms with Gasteiger partial charge in [-0.2, -0.15) is 4.31 Å². The van der Waals surface area contributed by atoms with Gasteiger partial charge in [0.05, 0.1) is 17.4 Å². The average Bonchev–Trinajstić information content (AvgIpc) is 2.88. The van der Waals surface area contributed by atoms with E-state index in [1.807, 2.05) is 0 Å². The number of aromatic carboxylic acids is 1. The molecular formula is C13H17NO5S. The van der Waals surface area contributed by atoms with Gasteiger partial charge < -0.3 is 9.84 Å². The minimum absolute atomic E-state index is 0.0601. The number of carboxylic acids is 1. The molecule has 7 heteroatoms. The predicted molar refractivity (Wildman–Crippen MR) is 73.0 cm³/mol. The molecule has 0 radical (unpaired) electrons. The second-order valence-corrected chi connectivity index (χ2v) is 6.74. The first-order valence-corrected chi connectivity index (χ1v) is 7.86. The fourth-order valence-electron chi connectivity index (χ4n) is 2.24. The van der Waals surface area contributed by atoms with Crippen molar-refractivity contribution in [3.8, 4) is 0 Å². The zero-order valence-electron chi connectivity index (χ0n) is 11.2. The van der Waals surface area contributed by atoms with E-state index in [9.17, 15) is 13.2 Å². The van der Waals surface area contributed by atoms with Crippen LogP contribution in [0.2, 0.25) is 0 Å². The molecule has 1 atom stereocenters. The second kappa shape index (κ2) is 5.90. The first-order valence-electron chi connectivity index (χ1n) is 6.25. The van der Waals surface area contributed by atoms with Crippen molar-refractivity contribution in [2.24, 2.45) is 0 Å². The number of methoxy groups -OCH3 is 1. The van der Waals surface area contributed by atoms with E-state index < -0.39 is 16.0 Å². The third-order valence-corrected chi connectivity index (χ3v) is 5.17.